The van der Waals surface area contributed by atoms with E-state index in [-0.39, 0.29) is 0 Å². The van der Waals surface area contributed by atoms with Gasteiger partial charge in [0, 0.05) is 19.3 Å². The van der Waals surface area contributed by atoms with Crippen LogP contribution in [0.3, 0.4) is 0 Å². The van der Waals surface area contributed by atoms with Crippen molar-refractivity contribution in [1.82, 2.24) is 4.98 Å². The summed E-state index contributed by atoms with van der Waals surface area (Å²) in [4.78, 5) is 4.25. The van der Waals surface area contributed by atoms with Crippen LogP contribution in [0.15, 0.2) is 18.3 Å². The summed E-state index contributed by atoms with van der Waals surface area (Å²) >= 11 is 0. The minimum Gasteiger partial charge on any atom is -0.379 e. The second kappa shape index (κ2) is 9.10. The molecule has 0 aliphatic rings. The van der Waals surface area contributed by atoms with Gasteiger partial charge < -0.3 is 15.2 Å². The summed E-state index contributed by atoms with van der Waals surface area (Å²) in [6.07, 6.45) is 4.07. The Kier molecular flexibility index (Phi) is 7.54. The van der Waals surface area contributed by atoms with Gasteiger partial charge in [-0.25, -0.2) is 0 Å². The molecule has 0 fully saturated rings. The molecule has 0 atom stereocenters. The van der Waals surface area contributed by atoms with E-state index in [1.54, 1.807) is 6.20 Å². The SMILES string of the molecule is CCCCOCCOCc1ccc(CN)cn1. The Labute approximate surface area is 103 Å². The highest BCUT2D eigenvalue weighted by atomic mass is 16.5. The summed E-state index contributed by atoms with van der Waals surface area (Å²) in [5.74, 6) is 0. The van der Waals surface area contributed by atoms with Crippen LogP contribution in [0, 0.1) is 0 Å². The van der Waals surface area contributed by atoms with E-state index in [0.29, 0.717) is 26.4 Å². The average molecular weight is 238 g/mol. The molecule has 0 radical (unpaired) electrons. The number of aromatic nitrogens is 1. The second-order valence-corrected chi connectivity index (χ2v) is 3.88. The van der Waals surface area contributed by atoms with Crippen molar-refractivity contribution in [2.75, 3.05) is 19.8 Å². The molecule has 2 N–H and O–H groups in total. The Balaban J connectivity index is 2.05. The molecule has 1 heterocycles. The lowest BCUT2D eigenvalue weighted by Crippen LogP contribution is -2.06. The van der Waals surface area contributed by atoms with Crippen LogP contribution in [0.5, 0.6) is 0 Å². The maximum atomic E-state index is 5.49. The minimum absolute atomic E-state index is 0.527. The van der Waals surface area contributed by atoms with E-state index >= 15 is 0 Å². The first-order valence-electron chi connectivity index (χ1n) is 6.16. The summed E-state index contributed by atoms with van der Waals surface area (Å²) < 4.78 is 10.8. The number of nitrogens with zero attached hydrogens (tertiary/aromatic N) is 1. The van der Waals surface area contributed by atoms with Crippen LogP contribution in [0.1, 0.15) is 31.0 Å². The van der Waals surface area contributed by atoms with E-state index < -0.39 is 0 Å². The van der Waals surface area contributed by atoms with E-state index in [1.165, 1.54) is 0 Å². The molecule has 96 valence electrons. The van der Waals surface area contributed by atoms with Crippen LogP contribution in [0.4, 0.5) is 0 Å². The fourth-order valence-corrected chi connectivity index (χ4v) is 1.30. The second-order valence-electron chi connectivity index (χ2n) is 3.88. The molecule has 4 heteroatoms. The summed E-state index contributed by atoms with van der Waals surface area (Å²) in [6.45, 7) is 5.30. The molecule has 0 unspecified atom stereocenters. The van der Waals surface area contributed by atoms with Crippen molar-refractivity contribution in [3.8, 4) is 0 Å². The first-order chi connectivity index (χ1) is 8.36. The Morgan fingerprint density at radius 2 is 2.00 bits per heavy atom. The quantitative estimate of drug-likeness (QED) is 0.667. The Bertz CT molecular complexity index is 288. The van der Waals surface area contributed by atoms with Crippen LogP contribution in [-0.4, -0.2) is 24.8 Å². The van der Waals surface area contributed by atoms with Gasteiger partial charge in [-0.05, 0) is 18.1 Å². The fourth-order valence-electron chi connectivity index (χ4n) is 1.30. The van der Waals surface area contributed by atoms with Crippen molar-refractivity contribution in [1.29, 1.82) is 0 Å². The Morgan fingerprint density at radius 3 is 2.65 bits per heavy atom. The van der Waals surface area contributed by atoms with E-state index in [0.717, 1.165) is 30.7 Å². The summed E-state index contributed by atoms with van der Waals surface area (Å²) in [7, 11) is 0. The van der Waals surface area contributed by atoms with Crippen LogP contribution in [0.2, 0.25) is 0 Å². The van der Waals surface area contributed by atoms with E-state index in [2.05, 4.69) is 11.9 Å². The van der Waals surface area contributed by atoms with Gasteiger partial charge in [0.25, 0.3) is 0 Å². The molecule has 1 aromatic rings. The van der Waals surface area contributed by atoms with Gasteiger partial charge in [-0.3, -0.25) is 4.98 Å². The molecular weight excluding hydrogens is 216 g/mol. The van der Waals surface area contributed by atoms with Gasteiger partial charge in [0.05, 0.1) is 25.5 Å². The smallest absolute Gasteiger partial charge is 0.0889 e. The maximum absolute atomic E-state index is 5.49. The summed E-state index contributed by atoms with van der Waals surface area (Å²) in [5.41, 5.74) is 7.46. The maximum Gasteiger partial charge on any atom is 0.0889 e. The van der Waals surface area contributed by atoms with Crippen molar-refractivity contribution in [2.24, 2.45) is 5.73 Å². The predicted molar refractivity (Wildman–Crippen MR) is 67.5 cm³/mol. The van der Waals surface area contributed by atoms with Crippen LogP contribution >= 0.6 is 0 Å². The first kappa shape index (κ1) is 14.1. The molecule has 0 saturated heterocycles. The molecule has 1 aromatic heterocycles. The molecule has 4 nitrogen and oxygen atoms in total. The molecule has 0 saturated carbocycles. The molecule has 0 spiro atoms. The zero-order chi connectivity index (χ0) is 12.3. The summed E-state index contributed by atoms with van der Waals surface area (Å²) in [6, 6.07) is 3.92. The number of unbranched alkanes of at least 4 members (excludes halogenated alkanes) is 1. The molecule has 0 bridgehead atoms. The van der Waals surface area contributed by atoms with Crippen molar-refractivity contribution in [2.45, 2.75) is 32.9 Å². The van der Waals surface area contributed by atoms with Gasteiger partial charge >= 0.3 is 0 Å². The largest absolute Gasteiger partial charge is 0.379 e. The highest BCUT2D eigenvalue weighted by Gasteiger charge is 1.96. The highest BCUT2D eigenvalue weighted by Crippen LogP contribution is 2.00. The zero-order valence-corrected chi connectivity index (χ0v) is 10.5. The molecule has 0 amide bonds. The number of rotatable bonds is 9. The number of nitrogens with two attached hydrogens (primary N) is 1. The minimum atomic E-state index is 0.527. The Hall–Kier alpha value is -0.970. The van der Waals surface area contributed by atoms with Crippen LogP contribution < -0.4 is 5.73 Å². The lowest BCUT2D eigenvalue weighted by Gasteiger charge is -2.05. The summed E-state index contributed by atoms with van der Waals surface area (Å²) in [5, 5.41) is 0. The predicted octanol–water partition coefficient (Wildman–Crippen LogP) is 1.87. The third kappa shape index (κ3) is 6.36. The molecule has 0 aliphatic heterocycles. The monoisotopic (exact) mass is 238 g/mol. The normalized spacial score (nSPS) is 10.7. The van der Waals surface area contributed by atoms with E-state index in [1.807, 2.05) is 12.1 Å². The van der Waals surface area contributed by atoms with Gasteiger partial charge in [-0.1, -0.05) is 19.4 Å². The molecule has 0 aliphatic carbocycles. The topological polar surface area (TPSA) is 57.4 Å². The third-order valence-corrected chi connectivity index (χ3v) is 2.39. The standard InChI is InChI=1S/C13H22N2O2/c1-2-3-6-16-7-8-17-11-13-5-4-12(9-14)10-15-13/h4-5,10H,2-3,6-9,11,14H2,1H3. The van der Waals surface area contributed by atoms with Gasteiger partial charge in [-0.15, -0.1) is 0 Å². The lowest BCUT2D eigenvalue weighted by atomic mass is 10.2. The highest BCUT2D eigenvalue weighted by molar-refractivity contribution is 5.13. The van der Waals surface area contributed by atoms with Gasteiger partial charge in [0.1, 0.15) is 0 Å². The van der Waals surface area contributed by atoms with Crippen molar-refractivity contribution in [3.05, 3.63) is 29.6 Å². The van der Waals surface area contributed by atoms with Gasteiger partial charge in [0.15, 0.2) is 0 Å². The zero-order valence-electron chi connectivity index (χ0n) is 10.5. The number of pyridine rings is 1. The fraction of sp³-hybridized carbons (Fsp3) is 0.615. The van der Waals surface area contributed by atoms with Gasteiger partial charge in [0.2, 0.25) is 0 Å². The van der Waals surface area contributed by atoms with E-state index in [4.69, 9.17) is 15.2 Å². The number of hydrogen-bond acceptors (Lipinski definition) is 4. The molecule has 1 rings (SSSR count). The Morgan fingerprint density at radius 1 is 1.18 bits per heavy atom. The van der Waals surface area contributed by atoms with Crippen molar-refractivity contribution >= 4 is 0 Å². The molecule has 17 heavy (non-hydrogen) atoms. The van der Waals surface area contributed by atoms with Crippen molar-refractivity contribution < 1.29 is 9.47 Å². The third-order valence-electron chi connectivity index (χ3n) is 2.39. The van der Waals surface area contributed by atoms with Crippen LogP contribution in [0.25, 0.3) is 0 Å². The van der Waals surface area contributed by atoms with Gasteiger partial charge in [-0.2, -0.15) is 0 Å². The van der Waals surface area contributed by atoms with Crippen LogP contribution in [-0.2, 0) is 22.6 Å². The van der Waals surface area contributed by atoms with E-state index in [9.17, 15) is 0 Å². The lowest BCUT2D eigenvalue weighted by molar-refractivity contribution is 0.0386. The number of hydrogen-bond donors (Lipinski definition) is 1. The number of ether oxygens (including phenoxy) is 2. The first-order valence-corrected chi connectivity index (χ1v) is 6.16. The molecular formula is C13H22N2O2. The molecule has 0 aromatic carbocycles. The van der Waals surface area contributed by atoms with Crippen molar-refractivity contribution in [3.63, 3.8) is 0 Å². The average Bonchev–Trinajstić information content (AvgIpc) is 2.38.